The molecule has 0 atom stereocenters. The molecule has 0 saturated carbocycles. The van der Waals surface area contributed by atoms with E-state index in [4.69, 9.17) is 9.15 Å². The van der Waals surface area contributed by atoms with E-state index in [0.717, 1.165) is 17.7 Å². The van der Waals surface area contributed by atoms with Gasteiger partial charge in [0.05, 0.1) is 19.9 Å². The molecule has 3 rings (SSSR count). The summed E-state index contributed by atoms with van der Waals surface area (Å²) in [4.78, 5) is -0.211. The molecule has 2 heterocycles. The van der Waals surface area contributed by atoms with Crippen molar-refractivity contribution in [3.8, 4) is 5.75 Å². The standard InChI is InChI=1S/C17H16FNO4S2/c1-22-16-5-4-14(18)9-17(16)25(20,21)19(10-13-6-8-24-12-13)11-15-3-2-7-23-15/h2-9,12H,10-11H2,1H3. The number of furan rings is 1. The van der Waals surface area contributed by atoms with Crippen LogP contribution in [-0.4, -0.2) is 19.8 Å². The molecule has 0 N–H and O–H groups in total. The summed E-state index contributed by atoms with van der Waals surface area (Å²) in [5.74, 6) is -0.0572. The van der Waals surface area contributed by atoms with Crippen molar-refractivity contribution >= 4 is 21.4 Å². The number of hydrogen-bond acceptors (Lipinski definition) is 5. The highest BCUT2D eigenvalue weighted by atomic mass is 32.2. The number of rotatable bonds is 7. The minimum absolute atomic E-state index is 0.0326. The predicted molar refractivity (Wildman–Crippen MR) is 92.4 cm³/mol. The van der Waals surface area contributed by atoms with Crippen LogP contribution in [-0.2, 0) is 23.1 Å². The number of sulfonamides is 1. The van der Waals surface area contributed by atoms with Gasteiger partial charge < -0.3 is 9.15 Å². The van der Waals surface area contributed by atoms with Gasteiger partial charge >= 0.3 is 0 Å². The SMILES string of the molecule is COc1ccc(F)cc1S(=O)(=O)N(Cc1ccsc1)Cc1ccco1. The first-order chi connectivity index (χ1) is 12.0. The number of halogens is 1. The number of nitrogens with zero attached hydrogens (tertiary/aromatic N) is 1. The predicted octanol–water partition coefficient (Wildman–Crippen LogP) is 3.88. The normalized spacial score (nSPS) is 11.8. The lowest BCUT2D eigenvalue weighted by atomic mass is 10.3. The second-order valence-corrected chi connectivity index (χ2v) is 7.97. The summed E-state index contributed by atoms with van der Waals surface area (Å²) in [6, 6.07) is 8.66. The third-order valence-corrected chi connectivity index (χ3v) is 6.14. The lowest BCUT2D eigenvalue weighted by Crippen LogP contribution is -2.30. The highest BCUT2D eigenvalue weighted by Crippen LogP contribution is 2.29. The van der Waals surface area contributed by atoms with Gasteiger partial charge in [-0.25, -0.2) is 12.8 Å². The van der Waals surface area contributed by atoms with E-state index in [1.165, 1.54) is 35.1 Å². The quantitative estimate of drug-likeness (QED) is 0.623. The third kappa shape index (κ3) is 3.92. The average Bonchev–Trinajstić information content (AvgIpc) is 3.28. The Morgan fingerprint density at radius 3 is 2.72 bits per heavy atom. The molecule has 25 heavy (non-hydrogen) atoms. The van der Waals surface area contributed by atoms with Crippen LogP contribution in [0.25, 0.3) is 0 Å². The van der Waals surface area contributed by atoms with Crippen LogP contribution in [0.1, 0.15) is 11.3 Å². The van der Waals surface area contributed by atoms with Crippen molar-refractivity contribution in [1.82, 2.24) is 4.31 Å². The van der Waals surface area contributed by atoms with Crippen LogP contribution in [0.2, 0.25) is 0 Å². The summed E-state index contributed by atoms with van der Waals surface area (Å²) in [5.41, 5.74) is 0.843. The van der Waals surface area contributed by atoms with Gasteiger partial charge in [0.1, 0.15) is 22.2 Å². The number of thiophene rings is 1. The minimum atomic E-state index is -4.01. The fraction of sp³-hybridized carbons (Fsp3) is 0.176. The minimum Gasteiger partial charge on any atom is -0.495 e. The maximum Gasteiger partial charge on any atom is 0.247 e. The molecule has 0 unspecified atom stereocenters. The Hall–Kier alpha value is -2.16. The fourth-order valence-corrected chi connectivity index (χ4v) is 4.60. The van der Waals surface area contributed by atoms with Crippen molar-refractivity contribution in [2.45, 2.75) is 18.0 Å². The maximum atomic E-state index is 13.7. The van der Waals surface area contributed by atoms with E-state index in [9.17, 15) is 12.8 Å². The topological polar surface area (TPSA) is 59.8 Å². The van der Waals surface area contributed by atoms with Crippen molar-refractivity contribution in [2.75, 3.05) is 7.11 Å². The first-order valence-electron chi connectivity index (χ1n) is 7.38. The van der Waals surface area contributed by atoms with Crippen LogP contribution in [0.3, 0.4) is 0 Å². The highest BCUT2D eigenvalue weighted by Gasteiger charge is 2.29. The second-order valence-electron chi connectivity index (χ2n) is 5.28. The molecule has 0 saturated heterocycles. The van der Waals surface area contributed by atoms with Crippen LogP contribution in [0.4, 0.5) is 4.39 Å². The Labute approximate surface area is 149 Å². The first kappa shape index (κ1) is 17.7. The van der Waals surface area contributed by atoms with Gasteiger partial charge in [-0.3, -0.25) is 0 Å². The number of methoxy groups -OCH3 is 1. The highest BCUT2D eigenvalue weighted by molar-refractivity contribution is 7.89. The molecule has 5 nitrogen and oxygen atoms in total. The largest absolute Gasteiger partial charge is 0.495 e. The summed E-state index contributed by atoms with van der Waals surface area (Å²) in [6.45, 7) is 0.178. The second kappa shape index (κ2) is 7.38. The van der Waals surface area contributed by atoms with Gasteiger partial charge in [-0.05, 0) is 52.7 Å². The lowest BCUT2D eigenvalue weighted by Gasteiger charge is -2.22. The van der Waals surface area contributed by atoms with Crippen LogP contribution < -0.4 is 4.74 Å². The van der Waals surface area contributed by atoms with Gasteiger partial charge in [0, 0.05) is 6.54 Å². The van der Waals surface area contributed by atoms with Crippen molar-refractivity contribution in [3.05, 3.63) is 70.6 Å². The first-order valence-corrected chi connectivity index (χ1v) is 9.76. The zero-order chi connectivity index (χ0) is 17.9. The van der Waals surface area contributed by atoms with E-state index in [2.05, 4.69) is 0 Å². The van der Waals surface area contributed by atoms with Gasteiger partial charge in [-0.2, -0.15) is 15.6 Å². The summed E-state index contributed by atoms with van der Waals surface area (Å²) in [7, 11) is -2.66. The zero-order valence-corrected chi connectivity index (χ0v) is 15.0. The Bertz CT molecular complexity index is 885. The third-order valence-electron chi connectivity index (χ3n) is 3.59. The molecule has 0 fully saturated rings. The van der Waals surface area contributed by atoms with Gasteiger partial charge in [0.2, 0.25) is 10.0 Å². The summed E-state index contributed by atoms with van der Waals surface area (Å²) < 4.78 is 51.6. The molecule has 0 aliphatic rings. The lowest BCUT2D eigenvalue weighted by molar-refractivity contribution is 0.353. The number of ether oxygens (including phenoxy) is 1. The van der Waals surface area contributed by atoms with E-state index in [1.54, 1.807) is 12.1 Å². The van der Waals surface area contributed by atoms with Gasteiger partial charge in [0.25, 0.3) is 0 Å². The summed E-state index contributed by atoms with van der Waals surface area (Å²) in [6.07, 6.45) is 1.48. The summed E-state index contributed by atoms with van der Waals surface area (Å²) in [5, 5.41) is 3.74. The Balaban J connectivity index is 2.02. The Morgan fingerprint density at radius 1 is 1.24 bits per heavy atom. The number of hydrogen-bond donors (Lipinski definition) is 0. The molecule has 132 valence electrons. The Kier molecular flexibility index (Phi) is 5.22. The molecule has 8 heteroatoms. The zero-order valence-electron chi connectivity index (χ0n) is 13.4. The van der Waals surface area contributed by atoms with Gasteiger partial charge in [0.15, 0.2) is 0 Å². The number of benzene rings is 1. The van der Waals surface area contributed by atoms with E-state index in [1.807, 2.05) is 16.8 Å². The van der Waals surface area contributed by atoms with E-state index in [0.29, 0.717) is 5.76 Å². The average molecular weight is 381 g/mol. The molecular formula is C17H16FNO4S2. The van der Waals surface area contributed by atoms with E-state index < -0.39 is 15.8 Å². The van der Waals surface area contributed by atoms with E-state index in [-0.39, 0.29) is 23.7 Å². The monoisotopic (exact) mass is 381 g/mol. The molecule has 1 aromatic carbocycles. The molecule has 2 aromatic heterocycles. The molecule has 0 bridgehead atoms. The van der Waals surface area contributed by atoms with Crippen molar-refractivity contribution in [2.24, 2.45) is 0 Å². The fourth-order valence-electron chi connectivity index (χ4n) is 2.38. The maximum absolute atomic E-state index is 13.7. The van der Waals surface area contributed by atoms with Crippen LogP contribution >= 0.6 is 11.3 Å². The van der Waals surface area contributed by atoms with Crippen LogP contribution in [0, 0.1) is 5.82 Å². The van der Waals surface area contributed by atoms with Crippen LogP contribution in [0.5, 0.6) is 5.75 Å². The van der Waals surface area contributed by atoms with E-state index >= 15 is 0 Å². The molecule has 0 spiro atoms. The molecule has 3 aromatic rings. The molecule has 0 aliphatic heterocycles. The molecule has 0 amide bonds. The van der Waals surface area contributed by atoms with Crippen LogP contribution in [0.15, 0.2) is 62.7 Å². The van der Waals surface area contributed by atoms with Crippen molar-refractivity contribution in [1.29, 1.82) is 0 Å². The smallest absolute Gasteiger partial charge is 0.247 e. The van der Waals surface area contributed by atoms with Crippen molar-refractivity contribution in [3.63, 3.8) is 0 Å². The van der Waals surface area contributed by atoms with Gasteiger partial charge in [-0.1, -0.05) is 0 Å². The molecular weight excluding hydrogens is 365 g/mol. The summed E-state index contributed by atoms with van der Waals surface area (Å²) >= 11 is 1.48. The van der Waals surface area contributed by atoms with Crippen molar-refractivity contribution < 1.29 is 22.0 Å². The van der Waals surface area contributed by atoms with Gasteiger partial charge in [-0.15, -0.1) is 0 Å². The molecule has 0 radical (unpaired) electrons. The Morgan fingerprint density at radius 2 is 2.08 bits per heavy atom. The molecule has 0 aliphatic carbocycles.